The Bertz CT molecular complexity index is 723. The Morgan fingerprint density at radius 2 is 1.58 bits per heavy atom. The zero-order valence-corrected chi connectivity index (χ0v) is 10.9. The average Bonchev–Trinajstić information content (AvgIpc) is 2.37. The first-order valence-corrected chi connectivity index (χ1v) is 5.68. The molecule has 1 aromatic rings. The minimum absolute atomic E-state index is 0.0469. The Labute approximate surface area is 109 Å². The Hall–Kier alpha value is -2.50. The third-order valence-corrected chi connectivity index (χ3v) is 3.22. The lowest BCUT2D eigenvalue weighted by Gasteiger charge is -2.19. The summed E-state index contributed by atoms with van der Waals surface area (Å²) in [6.45, 7) is 4.69. The van der Waals surface area contributed by atoms with Crippen molar-refractivity contribution in [1.29, 1.82) is 0 Å². The third-order valence-electron chi connectivity index (χ3n) is 3.22. The topological polar surface area (TPSA) is 95.0 Å². The van der Waals surface area contributed by atoms with Crippen LogP contribution in [-0.2, 0) is 9.59 Å². The molecule has 2 N–H and O–H groups in total. The largest absolute Gasteiger partial charge is 0.383 e. The number of Topliss-reactive ketones (excluding diaryl/α,β-unsaturated/α-hetero) is 2. The fraction of sp³-hybridized carbons (Fsp3) is 0.231. The van der Waals surface area contributed by atoms with Crippen LogP contribution in [0.25, 0.3) is 5.70 Å². The number of carbonyl (C=O) groups is 2. The van der Waals surface area contributed by atoms with Gasteiger partial charge in [0.05, 0.1) is 0 Å². The number of aromatic nitrogens is 2. The minimum atomic E-state index is -0.678. The van der Waals surface area contributed by atoms with E-state index in [-0.39, 0.29) is 28.7 Å². The normalized spacial score (nSPS) is 16.4. The van der Waals surface area contributed by atoms with Crippen LogP contribution in [0.2, 0.25) is 0 Å². The Morgan fingerprint density at radius 3 is 2.16 bits per heavy atom. The molecule has 0 amide bonds. The van der Waals surface area contributed by atoms with Crippen molar-refractivity contribution in [1.82, 2.24) is 9.55 Å². The summed E-state index contributed by atoms with van der Waals surface area (Å²) in [6, 6.07) is 1.40. The van der Waals surface area contributed by atoms with Gasteiger partial charge in [0.1, 0.15) is 11.5 Å². The van der Waals surface area contributed by atoms with Crippen LogP contribution in [0.3, 0.4) is 0 Å². The van der Waals surface area contributed by atoms with Crippen LogP contribution in [0.4, 0.5) is 5.82 Å². The quantitative estimate of drug-likeness (QED) is 0.743. The van der Waals surface area contributed by atoms with Crippen molar-refractivity contribution in [3.8, 4) is 0 Å². The number of rotatable bonds is 1. The third kappa shape index (κ3) is 1.91. The number of ketones is 2. The molecule has 19 heavy (non-hydrogen) atoms. The fourth-order valence-electron chi connectivity index (χ4n) is 1.95. The van der Waals surface area contributed by atoms with Gasteiger partial charge >= 0.3 is 5.69 Å². The van der Waals surface area contributed by atoms with Gasteiger partial charge in [0.25, 0.3) is 0 Å². The van der Waals surface area contributed by atoms with Gasteiger partial charge in [0.2, 0.25) is 5.78 Å². The monoisotopic (exact) mass is 259 g/mol. The molecule has 1 aliphatic carbocycles. The molecule has 0 fully saturated rings. The molecule has 2 rings (SSSR count). The van der Waals surface area contributed by atoms with Crippen molar-refractivity contribution in [2.75, 3.05) is 5.73 Å². The van der Waals surface area contributed by atoms with E-state index < -0.39 is 5.69 Å². The highest BCUT2D eigenvalue weighted by atomic mass is 16.2. The van der Waals surface area contributed by atoms with E-state index in [1.54, 1.807) is 13.8 Å². The SMILES string of the molecule is CC1=C(C)C(=O)C(n2ccc(N)nc2=O)=C(C)C1=O. The molecular formula is C13H13N3O3. The highest BCUT2D eigenvalue weighted by Gasteiger charge is 2.29. The van der Waals surface area contributed by atoms with Crippen molar-refractivity contribution in [3.05, 3.63) is 39.5 Å². The second kappa shape index (κ2) is 4.31. The summed E-state index contributed by atoms with van der Waals surface area (Å²) < 4.78 is 1.06. The fourth-order valence-corrected chi connectivity index (χ4v) is 1.95. The maximum atomic E-state index is 12.2. The molecule has 0 aromatic carbocycles. The van der Waals surface area contributed by atoms with Gasteiger partial charge < -0.3 is 5.73 Å². The van der Waals surface area contributed by atoms with E-state index >= 15 is 0 Å². The number of hydrogen-bond donors (Lipinski definition) is 1. The van der Waals surface area contributed by atoms with Gasteiger partial charge in [-0.1, -0.05) is 0 Å². The van der Waals surface area contributed by atoms with Crippen LogP contribution in [-0.4, -0.2) is 21.1 Å². The van der Waals surface area contributed by atoms with Crippen molar-refractivity contribution >= 4 is 23.1 Å². The molecule has 0 atom stereocenters. The van der Waals surface area contributed by atoms with E-state index in [9.17, 15) is 14.4 Å². The summed E-state index contributed by atoms with van der Waals surface area (Å²) in [5, 5.41) is 0. The van der Waals surface area contributed by atoms with E-state index in [0.29, 0.717) is 11.1 Å². The number of nitrogens with two attached hydrogens (primary N) is 1. The van der Waals surface area contributed by atoms with Gasteiger partial charge in [0.15, 0.2) is 5.78 Å². The van der Waals surface area contributed by atoms with Gasteiger partial charge in [-0.15, -0.1) is 0 Å². The molecule has 1 aromatic heterocycles. The molecule has 0 unspecified atom stereocenters. The standard InChI is InChI=1S/C13H13N3O3/c1-6-7(2)12(18)10(8(3)11(6)17)16-5-4-9(14)15-13(16)19/h4-5H,1-3H3,(H2,14,15,19). The molecule has 1 heterocycles. The van der Waals surface area contributed by atoms with Gasteiger partial charge in [-0.25, -0.2) is 4.79 Å². The van der Waals surface area contributed by atoms with Crippen molar-refractivity contribution < 1.29 is 9.59 Å². The van der Waals surface area contributed by atoms with Crippen LogP contribution in [0.15, 0.2) is 33.8 Å². The van der Waals surface area contributed by atoms with Gasteiger partial charge in [-0.3, -0.25) is 14.2 Å². The number of hydrogen-bond acceptors (Lipinski definition) is 5. The molecule has 98 valence electrons. The Balaban J connectivity index is 2.72. The first-order chi connectivity index (χ1) is 8.84. The number of nitrogen functional groups attached to an aromatic ring is 1. The van der Waals surface area contributed by atoms with Gasteiger partial charge in [0, 0.05) is 22.9 Å². The molecule has 6 heteroatoms. The van der Waals surface area contributed by atoms with Crippen molar-refractivity contribution in [2.24, 2.45) is 0 Å². The minimum Gasteiger partial charge on any atom is -0.383 e. The van der Waals surface area contributed by atoms with E-state index in [2.05, 4.69) is 4.98 Å². The van der Waals surface area contributed by atoms with E-state index in [0.717, 1.165) is 4.57 Å². The predicted octanol–water partition coefficient (Wildman–Crippen LogP) is 0.545. The van der Waals surface area contributed by atoms with Gasteiger partial charge in [-0.2, -0.15) is 4.98 Å². The number of nitrogens with zero attached hydrogens (tertiary/aromatic N) is 2. The number of anilines is 1. The number of allylic oxidation sites excluding steroid dienone is 4. The molecule has 0 aliphatic heterocycles. The smallest absolute Gasteiger partial charge is 0.354 e. The Morgan fingerprint density at radius 1 is 1.00 bits per heavy atom. The zero-order chi connectivity index (χ0) is 14.3. The van der Waals surface area contributed by atoms with Crippen molar-refractivity contribution in [3.63, 3.8) is 0 Å². The van der Waals surface area contributed by atoms with E-state index in [1.807, 2.05) is 0 Å². The highest BCUT2D eigenvalue weighted by Crippen LogP contribution is 2.26. The first kappa shape index (κ1) is 12.9. The Kier molecular flexibility index (Phi) is 2.94. The summed E-state index contributed by atoms with van der Waals surface area (Å²) in [6.07, 6.45) is 1.35. The van der Waals surface area contributed by atoms with E-state index in [1.165, 1.54) is 19.2 Å². The lowest BCUT2D eigenvalue weighted by Crippen LogP contribution is -2.30. The van der Waals surface area contributed by atoms with Gasteiger partial charge in [-0.05, 0) is 26.8 Å². The second-order valence-corrected chi connectivity index (χ2v) is 4.39. The van der Waals surface area contributed by atoms with E-state index in [4.69, 9.17) is 5.73 Å². The maximum absolute atomic E-state index is 12.2. The molecule has 0 spiro atoms. The summed E-state index contributed by atoms with van der Waals surface area (Å²) in [7, 11) is 0. The molecule has 6 nitrogen and oxygen atoms in total. The van der Waals surface area contributed by atoms with Crippen LogP contribution in [0, 0.1) is 0 Å². The molecule has 0 saturated heterocycles. The van der Waals surface area contributed by atoms with Crippen LogP contribution >= 0.6 is 0 Å². The summed E-state index contributed by atoms with van der Waals surface area (Å²) in [5.41, 5.74) is 5.76. The summed E-state index contributed by atoms with van der Waals surface area (Å²) in [4.78, 5) is 39.6. The number of carbonyl (C=O) groups excluding carboxylic acids is 2. The molecule has 1 aliphatic rings. The van der Waals surface area contributed by atoms with Crippen LogP contribution in [0.1, 0.15) is 20.8 Å². The highest BCUT2D eigenvalue weighted by molar-refractivity contribution is 6.35. The van der Waals surface area contributed by atoms with Crippen LogP contribution in [0.5, 0.6) is 0 Å². The molecular weight excluding hydrogens is 246 g/mol. The first-order valence-electron chi connectivity index (χ1n) is 5.68. The average molecular weight is 259 g/mol. The lowest BCUT2D eigenvalue weighted by atomic mass is 9.89. The molecule has 0 bridgehead atoms. The summed E-state index contributed by atoms with van der Waals surface area (Å²) in [5.74, 6) is -0.517. The van der Waals surface area contributed by atoms with Crippen molar-refractivity contribution in [2.45, 2.75) is 20.8 Å². The lowest BCUT2D eigenvalue weighted by molar-refractivity contribution is -0.115. The molecule has 0 radical (unpaired) electrons. The zero-order valence-electron chi connectivity index (χ0n) is 10.9. The van der Waals surface area contributed by atoms with Crippen LogP contribution < -0.4 is 11.4 Å². The summed E-state index contributed by atoms with van der Waals surface area (Å²) >= 11 is 0. The molecule has 0 saturated carbocycles. The predicted molar refractivity (Wildman–Crippen MR) is 70.2 cm³/mol. The second-order valence-electron chi connectivity index (χ2n) is 4.39. The maximum Gasteiger partial charge on any atom is 0.354 e.